The minimum atomic E-state index is -0.336. The molecule has 1 unspecified atom stereocenters. The van der Waals surface area contributed by atoms with Gasteiger partial charge in [0, 0.05) is 7.11 Å². The summed E-state index contributed by atoms with van der Waals surface area (Å²) in [6, 6.07) is 0. The summed E-state index contributed by atoms with van der Waals surface area (Å²) in [4.78, 5) is 0. The summed E-state index contributed by atoms with van der Waals surface area (Å²) in [7, 11) is 1.82. The molecule has 1 saturated carbocycles. The predicted octanol–water partition coefficient (Wildman–Crippen LogP) is 4.36. The van der Waals surface area contributed by atoms with Gasteiger partial charge in [-0.3, -0.25) is 0 Å². The fourth-order valence-corrected chi connectivity index (χ4v) is 7.47. The first-order chi connectivity index (χ1) is 7.39. The van der Waals surface area contributed by atoms with Gasteiger partial charge in [-0.2, -0.15) is 0 Å². The third kappa shape index (κ3) is 3.53. The van der Waals surface area contributed by atoms with Crippen LogP contribution in [0.3, 0.4) is 0 Å². The molecule has 1 rings (SSSR count). The van der Waals surface area contributed by atoms with E-state index in [4.69, 9.17) is 16.5 Å². The van der Waals surface area contributed by atoms with E-state index in [-0.39, 0.29) is 10.6 Å². The van der Waals surface area contributed by atoms with E-state index in [1.54, 1.807) is 0 Å². The normalized spacial score (nSPS) is 35.9. The van der Waals surface area contributed by atoms with Crippen LogP contribution < -0.4 is 0 Å². The summed E-state index contributed by atoms with van der Waals surface area (Å²) in [5, 5.41) is 0. The third-order valence-electron chi connectivity index (χ3n) is 3.49. The molecule has 0 aromatic heterocycles. The molecule has 0 aromatic carbocycles. The van der Waals surface area contributed by atoms with Gasteiger partial charge >= 0.3 is 0 Å². The lowest BCUT2D eigenvalue weighted by Gasteiger charge is -2.40. The van der Waals surface area contributed by atoms with Crippen LogP contribution in [-0.2, 0) is 16.5 Å². The molecule has 0 aliphatic heterocycles. The molecule has 1 nitrogen and oxygen atoms in total. The van der Waals surface area contributed by atoms with Gasteiger partial charge < -0.3 is 4.74 Å². The fourth-order valence-electron chi connectivity index (χ4n) is 2.44. The van der Waals surface area contributed by atoms with Crippen molar-refractivity contribution in [3.63, 3.8) is 0 Å². The van der Waals surface area contributed by atoms with Crippen molar-refractivity contribution in [3.8, 4) is 0 Å². The van der Waals surface area contributed by atoms with Crippen LogP contribution in [0.1, 0.15) is 33.1 Å². The van der Waals surface area contributed by atoms with Crippen LogP contribution in [0.4, 0.5) is 0 Å². The minimum absolute atomic E-state index is 0.211. The third-order valence-corrected chi connectivity index (χ3v) is 7.32. The van der Waals surface area contributed by atoms with Gasteiger partial charge in [0.1, 0.15) is 18.0 Å². The number of hydrogen-bond acceptors (Lipinski definition) is 3. The van der Waals surface area contributed by atoms with E-state index < -0.39 is 0 Å². The highest BCUT2D eigenvalue weighted by Gasteiger charge is 2.45. The Hall–Kier alpha value is 0.570. The Morgan fingerprint density at radius 2 is 2.25 bits per heavy atom. The second kappa shape index (κ2) is 5.95. The molecule has 0 N–H and O–H groups in total. The highest BCUT2D eigenvalue weighted by atomic mass is 32.9. The predicted molar refractivity (Wildman–Crippen MR) is 79.2 cm³/mol. The standard InChI is InChI=1S/C12H22OPS2/c1-9(2)10-6-7-12(3,16-14(5)15)11(8-10)13-4/h10-11H,1,6-8H2,2-5H3/q+1/t10-,11+,12+/m1/s1. The highest BCUT2D eigenvalue weighted by Crippen LogP contribution is 2.53. The number of allylic oxidation sites excluding steroid dienone is 1. The zero-order valence-corrected chi connectivity index (χ0v) is 13.2. The topological polar surface area (TPSA) is 9.23 Å². The van der Waals surface area contributed by atoms with E-state index >= 15 is 0 Å². The molecule has 0 saturated heterocycles. The first kappa shape index (κ1) is 14.6. The molecule has 16 heavy (non-hydrogen) atoms. The first-order valence-corrected chi connectivity index (χ1v) is 9.89. The van der Waals surface area contributed by atoms with Crippen LogP contribution in [0.25, 0.3) is 0 Å². The Morgan fingerprint density at radius 1 is 1.62 bits per heavy atom. The molecule has 1 fully saturated rings. The number of ether oxygens (including phenoxy) is 1. The van der Waals surface area contributed by atoms with Gasteiger partial charge in [-0.05, 0) is 39.0 Å². The SMILES string of the molecule is C=C(C)[C@@H]1CC[C@](C)(S[P+](C)=S)[C@@H](OC)C1. The largest absolute Gasteiger partial charge is 0.380 e. The quantitative estimate of drug-likeness (QED) is 0.558. The van der Waals surface area contributed by atoms with Gasteiger partial charge in [-0.25, -0.2) is 0 Å². The molecule has 0 radical (unpaired) electrons. The Morgan fingerprint density at radius 3 is 2.69 bits per heavy atom. The summed E-state index contributed by atoms with van der Waals surface area (Å²) < 4.78 is 5.90. The van der Waals surface area contributed by atoms with Crippen molar-refractivity contribution in [1.29, 1.82) is 0 Å². The first-order valence-electron chi connectivity index (χ1n) is 5.67. The van der Waals surface area contributed by atoms with Crippen molar-refractivity contribution >= 4 is 29.1 Å². The molecule has 0 aromatic rings. The second-order valence-corrected chi connectivity index (χ2v) is 11.4. The lowest BCUT2D eigenvalue weighted by Crippen LogP contribution is -2.42. The average Bonchev–Trinajstić information content (AvgIpc) is 2.16. The monoisotopic (exact) mass is 277 g/mol. The van der Waals surface area contributed by atoms with E-state index in [9.17, 15) is 0 Å². The second-order valence-electron chi connectivity index (χ2n) is 4.89. The molecular weight excluding hydrogens is 255 g/mol. The summed E-state index contributed by atoms with van der Waals surface area (Å²) in [5.74, 6) is 0.295. The maximum absolute atomic E-state index is 5.69. The Balaban J connectivity index is 2.74. The summed E-state index contributed by atoms with van der Waals surface area (Å²) >= 11 is 7.32. The van der Waals surface area contributed by atoms with Crippen LogP contribution in [-0.4, -0.2) is 24.6 Å². The molecular formula is C12H22OPS2+. The van der Waals surface area contributed by atoms with Crippen molar-refractivity contribution in [2.45, 2.75) is 44.0 Å². The van der Waals surface area contributed by atoms with Crippen LogP contribution in [0.5, 0.6) is 0 Å². The van der Waals surface area contributed by atoms with Crippen LogP contribution >= 0.6 is 17.3 Å². The Kier molecular flexibility index (Phi) is 5.44. The van der Waals surface area contributed by atoms with E-state index in [0.717, 1.165) is 6.42 Å². The van der Waals surface area contributed by atoms with Crippen LogP contribution in [0.2, 0.25) is 0 Å². The zero-order chi connectivity index (χ0) is 12.3. The van der Waals surface area contributed by atoms with Crippen molar-refractivity contribution in [1.82, 2.24) is 0 Å². The van der Waals surface area contributed by atoms with E-state index in [2.05, 4.69) is 27.1 Å². The summed E-state index contributed by atoms with van der Waals surface area (Å²) in [6.07, 6.45) is 3.85. The molecule has 92 valence electrons. The van der Waals surface area contributed by atoms with Gasteiger partial charge in [-0.15, -0.1) is 0 Å². The smallest absolute Gasteiger partial charge is 0.242 e. The lowest BCUT2D eigenvalue weighted by atomic mass is 9.77. The molecule has 4 heteroatoms. The lowest BCUT2D eigenvalue weighted by molar-refractivity contribution is 0.0333. The average molecular weight is 277 g/mol. The maximum atomic E-state index is 5.69. The molecule has 0 amide bonds. The molecule has 0 bridgehead atoms. The summed E-state index contributed by atoms with van der Waals surface area (Å²) in [6.45, 7) is 10.7. The molecule has 1 aliphatic rings. The molecule has 1 aliphatic carbocycles. The van der Waals surface area contributed by atoms with Crippen LogP contribution in [0, 0.1) is 5.92 Å². The molecule has 4 atom stereocenters. The Bertz CT molecular complexity index is 293. The minimum Gasteiger partial charge on any atom is -0.380 e. The van der Waals surface area contributed by atoms with Gasteiger partial charge in [0.2, 0.25) is 5.90 Å². The van der Waals surface area contributed by atoms with Gasteiger partial charge in [0.15, 0.2) is 11.8 Å². The van der Waals surface area contributed by atoms with E-state index in [1.807, 2.05) is 18.5 Å². The van der Waals surface area contributed by atoms with Crippen LogP contribution in [0.15, 0.2) is 12.2 Å². The maximum Gasteiger partial charge on any atom is 0.242 e. The number of methoxy groups -OCH3 is 1. The molecule has 0 heterocycles. The van der Waals surface area contributed by atoms with Gasteiger partial charge in [-0.1, -0.05) is 12.2 Å². The summed E-state index contributed by atoms with van der Waals surface area (Å²) in [5.41, 5.74) is 1.30. The van der Waals surface area contributed by atoms with E-state index in [0.29, 0.717) is 12.0 Å². The van der Waals surface area contributed by atoms with E-state index in [1.165, 1.54) is 18.4 Å². The van der Waals surface area contributed by atoms with Crippen molar-refractivity contribution < 1.29 is 4.74 Å². The number of hydrogen-bond donors (Lipinski definition) is 0. The van der Waals surface area contributed by atoms with Gasteiger partial charge in [0.25, 0.3) is 0 Å². The highest BCUT2D eigenvalue weighted by molar-refractivity contribution is 8.64. The van der Waals surface area contributed by atoms with Crippen molar-refractivity contribution in [3.05, 3.63) is 12.2 Å². The molecule has 0 spiro atoms. The van der Waals surface area contributed by atoms with Crippen molar-refractivity contribution in [2.24, 2.45) is 5.92 Å². The zero-order valence-electron chi connectivity index (χ0n) is 10.7. The van der Waals surface area contributed by atoms with Crippen molar-refractivity contribution in [2.75, 3.05) is 13.8 Å². The Labute approximate surface area is 110 Å². The fraction of sp³-hybridized carbons (Fsp3) is 0.833. The number of rotatable bonds is 4. The van der Waals surface area contributed by atoms with Gasteiger partial charge in [0.05, 0.1) is 10.9 Å².